The van der Waals surface area contributed by atoms with Gasteiger partial charge in [0.2, 0.25) is 0 Å². The van der Waals surface area contributed by atoms with Gasteiger partial charge in [-0.25, -0.2) is 0 Å². The summed E-state index contributed by atoms with van der Waals surface area (Å²) in [6.07, 6.45) is 7.17. The van der Waals surface area contributed by atoms with Gasteiger partial charge in [0.1, 0.15) is 5.75 Å². The summed E-state index contributed by atoms with van der Waals surface area (Å²) in [5, 5.41) is 3.57. The highest BCUT2D eigenvalue weighted by molar-refractivity contribution is 5.47. The van der Waals surface area contributed by atoms with Crippen LogP contribution >= 0.6 is 0 Å². The lowest BCUT2D eigenvalue weighted by Crippen LogP contribution is -2.17. The van der Waals surface area contributed by atoms with Gasteiger partial charge in [0.05, 0.1) is 18.8 Å². The SMILES string of the molecule is COc1ccc2c(c1)CCCC2Nc1cccnc1. The normalized spacial score (nSPS) is 17.6. The van der Waals surface area contributed by atoms with Gasteiger partial charge in [0.25, 0.3) is 0 Å². The monoisotopic (exact) mass is 254 g/mol. The summed E-state index contributed by atoms with van der Waals surface area (Å²) in [4.78, 5) is 4.15. The first-order valence-corrected chi connectivity index (χ1v) is 6.70. The average Bonchev–Trinajstić information content (AvgIpc) is 2.48. The summed E-state index contributed by atoms with van der Waals surface area (Å²) < 4.78 is 5.30. The largest absolute Gasteiger partial charge is 0.497 e. The third-order valence-corrected chi connectivity index (χ3v) is 3.67. The third-order valence-electron chi connectivity index (χ3n) is 3.67. The molecule has 1 aliphatic carbocycles. The zero-order valence-corrected chi connectivity index (χ0v) is 11.1. The quantitative estimate of drug-likeness (QED) is 0.909. The molecule has 0 bridgehead atoms. The molecule has 0 radical (unpaired) electrons. The molecule has 2 aromatic rings. The van der Waals surface area contributed by atoms with Gasteiger partial charge in [-0.1, -0.05) is 6.07 Å². The first-order valence-electron chi connectivity index (χ1n) is 6.70. The fourth-order valence-corrected chi connectivity index (χ4v) is 2.72. The van der Waals surface area contributed by atoms with Gasteiger partial charge in [0, 0.05) is 12.4 Å². The summed E-state index contributed by atoms with van der Waals surface area (Å²) >= 11 is 0. The van der Waals surface area contributed by atoms with Crippen LogP contribution in [-0.2, 0) is 6.42 Å². The molecule has 1 heterocycles. The Kier molecular flexibility index (Phi) is 3.36. The lowest BCUT2D eigenvalue weighted by atomic mass is 9.87. The first kappa shape index (κ1) is 12.0. The Hall–Kier alpha value is -2.03. The molecule has 1 unspecified atom stereocenters. The Morgan fingerprint density at radius 3 is 3.05 bits per heavy atom. The van der Waals surface area contributed by atoms with E-state index in [1.807, 2.05) is 18.3 Å². The molecule has 1 aromatic heterocycles. The second-order valence-electron chi connectivity index (χ2n) is 4.90. The number of benzene rings is 1. The van der Waals surface area contributed by atoms with Crippen molar-refractivity contribution in [2.75, 3.05) is 12.4 Å². The Labute approximate surface area is 113 Å². The van der Waals surface area contributed by atoms with Crippen LogP contribution in [0.2, 0.25) is 0 Å². The van der Waals surface area contributed by atoms with Crippen LogP contribution < -0.4 is 10.1 Å². The van der Waals surface area contributed by atoms with E-state index in [4.69, 9.17) is 4.74 Å². The van der Waals surface area contributed by atoms with Crippen molar-refractivity contribution in [1.29, 1.82) is 0 Å². The van der Waals surface area contributed by atoms with Crippen molar-refractivity contribution in [3.05, 3.63) is 53.9 Å². The van der Waals surface area contributed by atoms with E-state index >= 15 is 0 Å². The van der Waals surface area contributed by atoms with Gasteiger partial charge >= 0.3 is 0 Å². The molecule has 0 amide bonds. The van der Waals surface area contributed by atoms with Crippen molar-refractivity contribution < 1.29 is 4.74 Å². The molecular weight excluding hydrogens is 236 g/mol. The molecule has 3 nitrogen and oxygen atoms in total. The third kappa shape index (κ3) is 2.55. The minimum atomic E-state index is 0.374. The van der Waals surface area contributed by atoms with Gasteiger partial charge in [0.15, 0.2) is 0 Å². The number of anilines is 1. The highest BCUT2D eigenvalue weighted by atomic mass is 16.5. The lowest BCUT2D eigenvalue weighted by Gasteiger charge is -2.27. The highest BCUT2D eigenvalue weighted by Crippen LogP contribution is 2.34. The molecule has 1 aliphatic rings. The van der Waals surface area contributed by atoms with Gasteiger partial charge in [-0.15, -0.1) is 0 Å². The Bertz CT molecular complexity index is 554. The second-order valence-corrected chi connectivity index (χ2v) is 4.90. The number of hydrogen-bond acceptors (Lipinski definition) is 3. The minimum Gasteiger partial charge on any atom is -0.497 e. The molecule has 1 aromatic carbocycles. The van der Waals surface area contributed by atoms with Crippen LogP contribution in [-0.4, -0.2) is 12.1 Å². The maximum atomic E-state index is 5.30. The highest BCUT2D eigenvalue weighted by Gasteiger charge is 2.20. The van der Waals surface area contributed by atoms with Crippen LogP contribution in [0.5, 0.6) is 5.75 Å². The standard InChI is InChI=1S/C16H18N2O/c1-19-14-7-8-15-12(10-14)4-2-6-16(15)18-13-5-3-9-17-11-13/h3,5,7-11,16,18H,2,4,6H2,1H3. The zero-order chi connectivity index (χ0) is 13.1. The number of hydrogen-bond donors (Lipinski definition) is 1. The van der Waals surface area contributed by atoms with E-state index in [0.717, 1.165) is 24.3 Å². The van der Waals surface area contributed by atoms with Gasteiger partial charge in [-0.2, -0.15) is 0 Å². The van der Waals surface area contributed by atoms with Gasteiger partial charge < -0.3 is 10.1 Å². The topological polar surface area (TPSA) is 34.1 Å². The summed E-state index contributed by atoms with van der Waals surface area (Å²) in [7, 11) is 1.72. The number of fused-ring (bicyclic) bond motifs is 1. The predicted octanol–water partition coefficient (Wildman–Crippen LogP) is 3.58. The molecule has 0 fully saturated rings. The van der Waals surface area contributed by atoms with Gasteiger partial charge in [-0.05, 0) is 54.7 Å². The van der Waals surface area contributed by atoms with E-state index < -0.39 is 0 Å². The molecular formula is C16H18N2O. The Morgan fingerprint density at radius 1 is 1.32 bits per heavy atom. The van der Waals surface area contributed by atoms with E-state index in [1.165, 1.54) is 17.5 Å². The number of pyridine rings is 1. The zero-order valence-electron chi connectivity index (χ0n) is 11.1. The lowest BCUT2D eigenvalue weighted by molar-refractivity contribution is 0.413. The fourth-order valence-electron chi connectivity index (χ4n) is 2.72. The van der Waals surface area contributed by atoms with Gasteiger partial charge in [-0.3, -0.25) is 4.98 Å². The molecule has 1 atom stereocenters. The van der Waals surface area contributed by atoms with Crippen molar-refractivity contribution in [3.8, 4) is 5.75 Å². The number of nitrogens with zero attached hydrogens (tertiary/aromatic N) is 1. The van der Waals surface area contributed by atoms with Crippen LogP contribution in [0.15, 0.2) is 42.7 Å². The average molecular weight is 254 g/mol. The molecule has 3 heteroatoms. The molecule has 3 rings (SSSR count). The first-order chi connectivity index (χ1) is 9.36. The minimum absolute atomic E-state index is 0.374. The Morgan fingerprint density at radius 2 is 2.26 bits per heavy atom. The number of nitrogens with one attached hydrogen (secondary N) is 1. The number of aryl methyl sites for hydroxylation is 1. The van der Waals surface area contributed by atoms with E-state index in [0.29, 0.717) is 6.04 Å². The van der Waals surface area contributed by atoms with E-state index in [2.05, 4.69) is 28.5 Å². The molecule has 0 spiro atoms. The van der Waals surface area contributed by atoms with E-state index in [1.54, 1.807) is 13.3 Å². The van der Waals surface area contributed by atoms with Crippen molar-refractivity contribution in [1.82, 2.24) is 4.98 Å². The molecule has 1 N–H and O–H groups in total. The smallest absolute Gasteiger partial charge is 0.119 e. The molecule has 98 valence electrons. The Balaban J connectivity index is 1.86. The number of ether oxygens (including phenoxy) is 1. The summed E-state index contributed by atoms with van der Waals surface area (Å²) in [6.45, 7) is 0. The maximum Gasteiger partial charge on any atom is 0.119 e. The van der Waals surface area contributed by atoms with Crippen LogP contribution in [0.4, 0.5) is 5.69 Å². The number of rotatable bonds is 3. The van der Waals surface area contributed by atoms with E-state index in [9.17, 15) is 0 Å². The van der Waals surface area contributed by atoms with Crippen LogP contribution in [0.1, 0.15) is 30.0 Å². The maximum absolute atomic E-state index is 5.30. The number of methoxy groups -OCH3 is 1. The van der Waals surface area contributed by atoms with Crippen molar-refractivity contribution >= 4 is 5.69 Å². The second kappa shape index (κ2) is 5.31. The fraction of sp³-hybridized carbons (Fsp3) is 0.312. The predicted molar refractivity (Wildman–Crippen MR) is 76.5 cm³/mol. The van der Waals surface area contributed by atoms with E-state index in [-0.39, 0.29) is 0 Å². The van der Waals surface area contributed by atoms with Crippen molar-refractivity contribution in [3.63, 3.8) is 0 Å². The van der Waals surface area contributed by atoms with Crippen molar-refractivity contribution in [2.24, 2.45) is 0 Å². The van der Waals surface area contributed by atoms with Crippen molar-refractivity contribution in [2.45, 2.75) is 25.3 Å². The number of aromatic nitrogens is 1. The van der Waals surface area contributed by atoms with Crippen LogP contribution in [0, 0.1) is 0 Å². The molecule has 0 saturated carbocycles. The van der Waals surface area contributed by atoms with Crippen LogP contribution in [0.25, 0.3) is 0 Å². The summed E-state index contributed by atoms with van der Waals surface area (Å²) in [5.41, 5.74) is 3.86. The summed E-state index contributed by atoms with van der Waals surface area (Å²) in [6, 6.07) is 10.8. The molecule has 19 heavy (non-hydrogen) atoms. The van der Waals surface area contributed by atoms with Crippen LogP contribution in [0.3, 0.4) is 0 Å². The molecule has 0 aliphatic heterocycles. The summed E-state index contributed by atoms with van der Waals surface area (Å²) in [5.74, 6) is 0.945. The molecule has 0 saturated heterocycles.